The van der Waals surface area contributed by atoms with E-state index in [1.165, 1.54) is 11.3 Å². The van der Waals surface area contributed by atoms with Crippen LogP contribution in [0.1, 0.15) is 12.8 Å². The van der Waals surface area contributed by atoms with Crippen LogP contribution in [0.4, 0.5) is 9.93 Å². The maximum Gasteiger partial charge on any atom is 0.312 e. The lowest BCUT2D eigenvalue weighted by atomic mass is 10.1. The number of primary amides is 1. The van der Waals surface area contributed by atoms with Crippen molar-refractivity contribution in [3.63, 3.8) is 0 Å². The van der Waals surface area contributed by atoms with Gasteiger partial charge in [0.2, 0.25) is 5.91 Å². The molecule has 3 amide bonds. The topological polar surface area (TPSA) is 153 Å². The molecular formula is C20H19ClN8O3S. The van der Waals surface area contributed by atoms with Crippen LogP contribution in [-0.2, 0) is 4.79 Å². The number of aromatic amines is 1. The van der Waals surface area contributed by atoms with Crippen molar-refractivity contribution in [2.24, 2.45) is 11.7 Å². The molecule has 0 aliphatic heterocycles. The molecule has 0 spiro atoms. The van der Waals surface area contributed by atoms with Crippen LogP contribution in [0.3, 0.4) is 0 Å². The van der Waals surface area contributed by atoms with E-state index in [0.29, 0.717) is 27.4 Å². The van der Waals surface area contributed by atoms with Gasteiger partial charge in [-0.15, -0.1) is 0 Å². The van der Waals surface area contributed by atoms with E-state index >= 15 is 0 Å². The number of aromatic nitrogens is 5. The molecule has 11 nitrogen and oxygen atoms in total. The second-order valence-corrected chi connectivity index (χ2v) is 8.84. The summed E-state index contributed by atoms with van der Waals surface area (Å²) in [5.74, 6) is 1.26. The van der Waals surface area contributed by atoms with Crippen molar-refractivity contribution in [3.05, 3.63) is 35.7 Å². The first-order valence-corrected chi connectivity index (χ1v) is 11.3. The molecule has 5 rings (SSSR count). The Morgan fingerprint density at radius 2 is 2.21 bits per heavy atom. The Morgan fingerprint density at radius 3 is 2.97 bits per heavy atom. The van der Waals surface area contributed by atoms with Gasteiger partial charge in [-0.3, -0.25) is 14.5 Å². The van der Waals surface area contributed by atoms with Crippen molar-refractivity contribution in [3.8, 4) is 22.8 Å². The summed E-state index contributed by atoms with van der Waals surface area (Å²) in [4.78, 5) is 31.5. The number of hydrogen-bond acceptors (Lipinski definition) is 7. The summed E-state index contributed by atoms with van der Waals surface area (Å²) in [5, 5.41) is 13.6. The Morgan fingerprint density at radius 1 is 1.36 bits per heavy atom. The number of urea groups is 1. The van der Waals surface area contributed by atoms with Crippen LogP contribution in [0, 0.1) is 5.92 Å². The van der Waals surface area contributed by atoms with Crippen LogP contribution in [0.25, 0.3) is 27.4 Å². The first kappa shape index (κ1) is 21.2. The number of benzene rings is 1. The molecule has 0 atom stereocenters. The number of halogens is 1. The molecule has 0 radical (unpaired) electrons. The number of H-pyrrole nitrogens is 1. The van der Waals surface area contributed by atoms with Gasteiger partial charge < -0.3 is 21.1 Å². The fraction of sp³-hybridized carbons (Fsp3) is 0.250. The molecule has 1 aliphatic rings. The van der Waals surface area contributed by atoms with Crippen molar-refractivity contribution < 1.29 is 14.3 Å². The molecule has 1 saturated carbocycles. The minimum absolute atomic E-state index is 0.00345. The van der Waals surface area contributed by atoms with Gasteiger partial charge in [-0.05, 0) is 31.0 Å². The lowest BCUT2D eigenvalue weighted by molar-refractivity contribution is -0.117. The van der Waals surface area contributed by atoms with E-state index < -0.39 is 6.03 Å². The second kappa shape index (κ2) is 8.71. The van der Waals surface area contributed by atoms with Gasteiger partial charge in [-0.2, -0.15) is 5.10 Å². The zero-order valence-corrected chi connectivity index (χ0v) is 18.7. The largest absolute Gasteiger partial charge is 0.492 e. The van der Waals surface area contributed by atoms with Gasteiger partial charge in [0.05, 0.1) is 23.5 Å². The number of imidazole rings is 1. The van der Waals surface area contributed by atoms with Crippen LogP contribution in [0.5, 0.6) is 5.75 Å². The smallest absolute Gasteiger partial charge is 0.312 e. The Labute approximate surface area is 196 Å². The van der Waals surface area contributed by atoms with Gasteiger partial charge in [0.1, 0.15) is 23.4 Å². The molecule has 4 aromatic rings. The zero-order chi connectivity index (χ0) is 22.9. The molecule has 5 N–H and O–H groups in total. The average Bonchev–Trinajstić information content (AvgIpc) is 3.22. The van der Waals surface area contributed by atoms with E-state index in [-0.39, 0.29) is 25.0 Å². The van der Waals surface area contributed by atoms with Gasteiger partial charge in [-0.1, -0.05) is 22.9 Å². The Hall–Kier alpha value is -3.64. The number of thiazole rings is 1. The minimum atomic E-state index is -0.605. The monoisotopic (exact) mass is 486 g/mol. The van der Waals surface area contributed by atoms with Crippen LogP contribution >= 0.6 is 22.9 Å². The summed E-state index contributed by atoms with van der Waals surface area (Å²) in [6.45, 7) is 0.543. The van der Waals surface area contributed by atoms with E-state index in [9.17, 15) is 9.59 Å². The highest BCUT2D eigenvalue weighted by Gasteiger charge is 2.30. The molecule has 13 heteroatoms. The number of fused-ring (bicyclic) bond motifs is 1. The van der Waals surface area contributed by atoms with E-state index in [4.69, 9.17) is 22.1 Å². The fourth-order valence-electron chi connectivity index (χ4n) is 3.27. The molecule has 1 fully saturated rings. The fourth-order valence-corrected chi connectivity index (χ4v) is 4.45. The number of nitrogens with zero attached hydrogens (tertiary/aromatic N) is 4. The summed E-state index contributed by atoms with van der Waals surface area (Å²) in [7, 11) is 0. The standard InChI is InChI=1S/C20H19ClN8O3S/c21-13-7-11(32-6-5-24-19(22)31)3-4-12(13)14-8-23-9-29(14)17-15-16(27-28-17)25-20(33-15)26-18(30)10-1-2-10/h3-4,7-10H,1-2,5-6H2,(H3,22,24,31)(H2,25,26,27,28,30). The van der Waals surface area contributed by atoms with Crippen molar-refractivity contribution in [2.75, 3.05) is 18.5 Å². The predicted octanol–water partition coefficient (Wildman–Crippen LogP) is 2.92. The SMILES string of the molecule is NC(=O)NCCOc1ccc(-c2cncn2-c2n[nH]c3nc(NC(=O)C4CC4)sc23)c(Cl)c1. The predicted molar refractivity (Wildman–Crippen MR) is 124 cm³/mol. The summed E-state index contributed by atoms with van der Waals surface area (Å²) >= 11 is 7.89. The number of amides is 3. The molecule has 1 aliphatic carbocycles. The molecule has 1 aromatic carbocycles. The van der Waals surface area contributed by atoms with Gasteiger partial charge >= 0.3 is 6.03 Å². The van der Waals surface area contributed by atoms with E-state index in [1.54, 1.807) is 24.7 Å². The van der Waals surface area contributed by atoms with Crippen LogP contribution in [-0.4, -0.2) is 49.8 Å². The molecule has 3 aromatic heterocycles. The van der Waals surface area contributed by atoms with Crippen molar-refractivity contribution in [2.45, 2.75) is 12.8 Å². The summed E-state index contributed by atoms with van der Waals surface area (Å²) in [6, 6.07) is 4.69. The Kier molecular flexibility index (Phi) is 5.60. The van der Waals surface area contributed by atoms with Gasteiger partial charge in [0, 0.05) is 11.5 Å². The highest BCUT2D eigenvalue weighted by atomic mass is 35.5. The van der Waals surface area contributed by atoms with Crippen LogP contribution in [0.2, 0.25) is 5.02 Å². The van der Waals surface area contributed by atoms with E-state index in [1.807, 2.05) is 10.6 Å². The number of nitrogens with two attached hydrogens (primary N) is 1. The molecule has 0 saturated heterocycles. The average molecular weight is 487 g/mol. The van der Waals surface area contributed by atoms with Crippen molar-refractivity contribution >= 4 is 50.4 Å². The highest BCUT2D eigenvalue weighted by Crippen LogP contribution is 2.36. The van der Waals surface area contributed by atoms with Crippen LogP contribution < -0.4 is 21.1 Å². The summed E-state index contributed by atoms with van der Waals surface area (Å²) in [5.41, 5.74) is 7.08. The molecular weight excluding hydrogens is 468 g/mol. The molecule has 33 heavy (non-hydrogen) atoms. The molecule has 0 unspecified atom stereocenters. The lowest BCUT2D eigenvalue weighted by Gasteiger charge is -2.10. The number of rotatable bonds is 8. The third-order valence-electron chi connectivity index (χ3n) is 5.03. The second-order valence-electron chi connectivity index (χ2n) is 7.44. The van der Waals surface area contributed by atoms with Crippen LogP contribution in [0.15, 0.2) is 30.7 Å². The molecule has 3 heterocycles. The number of anilines is 1. The van der Waals surface area contributed by atoms with Gasteiger partial charge in [-0.25, -0.2) is 14.8 Å². The maximum atomic E-state index is 12.1. The Bertz CT molecular complexity index is 1340. The highest BCUT2D eigenvalue weighted by molar-refractivity contribution is 7.22. The van der Waals surface area contributed by atoms with Gasteiger partial charge in [0.25, 0.3) is 0 Å². The van der Waals surface area contributed by atoms with E-state index in [2.05, 4.69) is 30.8 Å². The summed E-state index contributed by atoms with van der Waals surface area (Å²) < 4.78 is 8.19. The van der Waals surface area contributed by atoms with Crippen molar-refractivity contribution in [1.29, 1.82) is 0 Å². The zero-order valence-electron chi connectivity index (χ0n) is 17.2. The number of nitrogens with one attached hydrogen (secondary N) is 3. The third-order valence-corrected chi connectivity index (χ3v) is 6.31. The first-order valence-electron chi connectivity index (χ1n) is 10.1. The Balaban J connectivity index is 1.38. The minimum Gasteiger partial charge on any atom is -0.492 e. The lowest BCUT2D eigenvalue weighted by Crippen LogP contribution is -2.32. The normalized spacial score (nSPS) is 13.2. The number of carbonyl (C=O) groups is 2. The summed E-state index contributed by atoms with van der Waals surface area (Å²) in [6.07, 6.45) is 5.18. The number of carbonyl (C=O) groups excluding carboxylic acids is 2. The number of ether oxygens (including phenoxy) is 1. The van der Waals surface area contributed by atoms with Gasteiger partial charge in [0.15, 0.2) is 16.6 Å². The third kappa shape index (κ3) is 4.47. The number of hydrogen-bond donors (Lipinski definition) is 4. The van der Waals surface area contributed by atoms with Crippen molar-refractivity contribution in [1.82, 2.24) is 30.0 Å². The first-order chi connectivity index (χ1) is 16.0. The molecule has 0 bridgehead atoms. The van der Waals surface area contributed by atoms with E-state index in [0.717, 1.165) is 28.8 Å². The quantitative estimate of drug-likeness (QED) is 0.281. The maximum absolute atomic E-state index is 12.1. The molecule has 170 valence electrons.